The van der Waals surface area contributed by atoms with Crippen LogP contribution in [0.2, 0.25) is 0 Å². The van der Waals surface area contributed by atoms with Crippen molar-refractivity contribution in [2.75, 3.05) is 14.2 Å². The third-order valence-electron chi connectivity index (χ3n) is 9.58. The zero-order valence-electron chi connectivity index (χ0n) is 18.3. The van der Waals surface area contributed by atoms with Crippen molar-refractivity contribution < 1.29 is 9.84 Å². The normalized spacial score (nSPS) is 51.3. The van der Waals surface area contributed by atoms with Gasteiger partial charge in [0.05, 0.1) is 6.10 Å². The van der Waals surface area contributed by atoms with Crippen LogP contribution in [0, 0.1) is 46.3 Å². The van der Waals surface area contributed by atoms with Gasteiger partial charge in [0.15, 0.2) is 0 Å². The van der Waals surface area contributed by atoms with Gasteiger partial charge in [-0.3, -0.25) is 0 Å². The molecule has 0 spiro atoms. The van der Waals surface area contributed by atoms with E-state index in [4.69, 9.17) is 0 Å². The molecule has 4 aliphatic rings. The van der Waals surface area contributed by atoms with E-state index in [0.717, 1.165) is 29.6 Å². The van der Waals surface area contributed by atoms with Gasteiger partial charge in [0.1, 0.15) is 0 Å². The minimum atomic E-state index is -0.107. The second-order valence-electron chi connectivity index (χ2n) is 10.9. The Labute approximate surface area is 162 Å². The van der Waals surface area contributed by atoms with Crippen LogP contribution in [0.25, 0.3) is 0 Å². The molecule has 0 aliphatic heterocycles. The van der Waals surface area contributed by atoms with Gasteiger partial charge in [-0.1, -0.05) is 27.2 Å². The number of fused-ring (bicyclic) bond motifs is 5. The van der Waals surface area contributed by atoms with Gasteiger partial charge in [0.2, 0.25) is 0 Å². The molecule has 0 aromatic carbocycles. The molecule has 26 heavy (non-hydrogen) atoms. The second-order valence-corrected chi connectivity index (χ2v) is 10.9. The molecule has 0 aromatic rings. The van der Waals surface area contributed by atoms with Crippen LogP contribution >= 0.6 is 0 Å². The Bertz CT molecular complexity index is 475. The average molecular weight is 365 g/mol. The minimum absolute atomic E-state index is 0.107. The van der Waals surface area contributed by atoms with Gasteiger partial charge in [-0.25, -0.2) is 0 Å². The van der Waals surface area contributed by atoms with Crippen LogP contribution in [0.3, 0.4) is 0 Å². The fourth-order valence-electron chi connectivity index (χ4n) is 8.31. The Morgan fingerprint density at radius 1 is 0.885 bits per heavy atom. The van der Waals surface area contributed by atoms with E-state index in [1.54, 1.807) is 14.2 Å². The lowest BCUT2D eigenvalue weighted by Gasteiger charge is -2.61. The summed E-state index contributed by atoms with van der Waals surface area (Å²) >= 11 is 0. The number of rotatable bonds is 1. The van der Waals surface area contributed by atoms with Crippen LogP contribution in [0.5, 0.6) is 0 Å². The minimum Gasteiger partial charge on any atom is -0.393 e. The number of aliphatic hydroxyl groups is 1. The third-order valence-corrected chi connectivity index (χ3v) is 9.58. The third kappa shape index (κ3) is 3.28. The molecule has 4 fully saturated rings. The van der Waals surface area contributed by atoms with E-state index >= 15 is 0 Å². The predicted octanol–water partition coefficient (Wildman–Crippen LogP) is 5.92. The zero-order valence-corrected chi connectivity index (χ0v) is 18.3. The molecule has 0 aromatic heterocycles. The topological polar surface area (TPSA) is 29.5 Å². The predicted molar refractivity (Wildman–Crippen MR) is 109 cm³/mol. The molecule has 9 atom stereocenters. The van der Waals surface area contributed by atoms with Crippen LogP contribution < -0.4 is 0 Å². The van der Waals surface area contributed by atoms with E-state index < -0.39 is 0 Å². The van der Waals surface area contributed by atoms with Crippen LogP contribution in [0.15, 0.2) is 0 Å². The molecule has 1 N–H and O–H groups in total. The summed E-state index contributed by atoms with van der Waals surface area (Å²) < 4.78 is 4.25. The van der Waals surface area contributed by atoms with Gasteiger partial charge >= 0.3 is 0 Å². The maximum atomic E-state index is 10.3. The van der Waals surface area contributed by atoms with E-state index in [-0.39, 0.29) is 6.10 Å². The number of ether oxygens (including phenoxy) is 1. The quantitative estimate of drug-likeness (QED) is 0.625. The van der Waals surface area contributed by atoms with Gasteiger partial charge in [0.25, 0.3) is 0 Å². The summed E-state index contributed by atoms with van der Waals surface area (Å²) in [7, 11) is 3.25. The Morgan fingerprint density at radius 3 is 2.15 bits per heavy atom. The molecule has 9 unspecified atom stereocenters. The van der Waals surface area contributed by atoms with Crippen LogP contribution in [-0.4, -0.2) is 25.4 Å². The molecule has 4 aliphatic carbocycles. The number of hydrogen-bond donors (Lipinski definition) is 1. The summed E-state index contributed by atoms with van der Waals surface area (Å²) in [5.41, 5.74) is 1.07. The van der Waals surface area contributed by atoms with E-state index in [0.29, 0.717) is 16.7 Å². The molecule has 4 rings (SSSR count). The highest BCUT2D eigenvalue weighted by Gasteiger charge is 2.60. The first-order valence-corrected chi connectivity index (χ1v) is 11.4. The maximum Gasteiger partial charge on any atom is 0.0545 e. The van der Waals surface area contributed by atoms with Gasteiger partial charge < -0.3 is 9.84 Å². The summed E-state index contributed by atoms with van der Waals surface area (Å²) in [6, 6.07) is 0. The van der Waals surface area contributed by atoms with E-state index in [1.165, 1.54) is 57.8 Å². The SMILES string of the molecule is CC1CCC2(C)C(CCC3C2CCC2(C)C(C(C)O)CCC32)C1.COC. The molecule has 0 bridgehead atoms. The molecule has 4 saturated carbocycles. The zero-order chi connectivity index (χ0) is 19.1. The smallest absolute Gasteiger partial charge is 0.0545 e. The first kappa shape index (κ1) is 20.6. The van der Waals surface area contributed by atoms with E-state index in [1.807, 2.05) is 6.92 Å². The highest BCUT2D eigenvalue weighted by molar-refractivity contribution is 5.09. The average Bonchev–Trinajstić information content (AvgIpc) is 2.93. The first-order valence-electron chi connectivity index (χ1n) is 11.4. The van der Waals surface area contributed by atoms with E-state index in [9.17, 15) is 5.11 Å². The molecule has 2 nitrogen and oxygen atoms in total. The molecular formula is C24H44O2. The standard InChI is InChI=1S/C22H38O.C2H6O/c1-14-9-11-21(3)16(13-14)5-6-17-19-8-7-18(15(2)23)22(19,4)12-10-20(17)21;1-3-2/h14-20,23H,5-13H2,1-4H3;1-2H3. The second kappa shape index (κ2) is 7.74. The van der Waals surface area contributed by atoms with Crippen molar-refractivity contribution in [2.45, 2.75) is 91.6 Å². The molecule has 0 amide bonds. The van der Waals surface area contributed by atoms with Crippen LogP contribution in [0.4, 0.5) is 0 Å². The summed E-state index contributed by atoms with van der Waals surface area (Å²) in [5, 5.41) is 10.3. The molecule has 0 heterocycles. The van der Waals surface area contributed by atoms with Crippen molar-refractivity contribution >= 4 is 0 Å². The van der Waals surface area contributed by atoms with Crippen molar-refractivity contribution in [1.29, 1.82) is 0 Å². The van der Waals surface area contributed by atoms with Crippen molar-refractivity contribution in [3.05, 3.63) is 0 Å². The van der Waals surface area contributed by atoms with E-state index in [2.05, 4.69) is 25.5 Å². The Balaban J connectivity index is 0.000000613. The summed E-state index contributed by atoms with van der Waals surface area (Å²) in [5.74, 6) is 5.38. The lowest BCUT2D eigenvalue weighted by atomic mass is 9.44. The van der Waals surface area contributed by atoms with Gasteiger partial charge in [-0.15, -0.1) is 0 Å². The highest BCUT2D eigenvalue weighted by atomic mass is 16.4. The van der Waals surface area contributed by atoms with Crippen LogP contribution in [0.1, 0.15) is 85.5 Å². The lowest BCUT2D eigenvalue weighted by molar-refractivity contribution is -0.123. The molecule has 2 heteroatoms. The molecular weight excluding hydrogens is 320 g/mol. The van der Waals surface area contributed by atoms with Crippen molar-refractivity contribution in [3.8, 4) is 0 Å². The Hall–Kier alpha value is -0.0800. The number of methoxy groups -OCH3 is 1. The highest BCUT2D eigenvalue weighted by Crippen LogP contribution is 2.68. The largest absolute Gasteiger partial charge is 0.393 e. The summed E-state index contributed by atoms with van der Waals surface area (Å²) in [4.78, 5) is 0. The van der Waals surface area contributed by atoms with Crippen molar-refractivity contribution in [1.82, 2.24) is 0 Å². The van der Waals surface area contributed by atoms with Crippen molar-refractivity contribution in [3.63, 3.8) is 0 Å². The fraction of sp³-hybridized carbons (Fsp3) is 1.00. The van der Waals surface area contributed by atoms with Crippen molar-refractivity contribution in [2.24, 2.45) is 46.3 Å². The summed E-state index contributed by atoms with van der Waals surface area (Å²) in [6.45, 7) is 9.73. The molecule has 0 saturated heterocycles. The maximum absolute atomic E-state index is 10.3. The van der Waals surface area contributed by atoms with Gasteiger partial charge in [0, 0.05) is 14.2 Å². The molecule has 152 valence electrons. The molecule has 0 radical (unpaired) electrons. The fourth-order valence-corrected chi connectivity index (χ4v) is 8.31. The first-order chi connectivity index (χ1) is 12.3. The summed E-state index contributed by atoms with van der Waals surface area (Å²) in [6.07, 6.45) is 12.8. The number of aliphatic hydroxyl groups excluding tert-OH is 1. The van der Waals surface area contributed by atoms with Crippen LogP contribution in [-0.2, 0) is 4.74 Å². The Kier molecular flexibility index (Phi) is 6.15. The Morgan fingerprint density at radius 2 is 1.50 bits per heavy atom. The number of hydrogen-bond acceptors (Lipinski definition) is 2. The monoisotopic (exact) mass is 364 g/mol. The van der Waals surface area contributed by atoms with Gasteiger partial charge in [-0.05, 0) is 105 Å². The van der Waals surface area contributed by atoms with Gasteiger partial charge in [-0.2, -0.15) is 0 Å². The lowest BCUT2D eigenvalue weighted by Crippen LogP contribution is -2.53.